The monoisotopic (exact) mass is 399 g/mol. The van der Waals surface area contributed by atoms with Crippen molar-refractivity contribution >= 4 is 5.91 Å². The first-order valence-corrected chi connectivity index (χ1v) is 10.6. The number of nitrogens with zero attached hydrogens (tertiary/aromatic N) is 2. The third-order valence-electron chi connectivity index (χ3n) is 6.78. The lowest BCUT2D eigenvalue weighted by Crippen LogP contribution is -2.47. The van der Waals surface area contributed by atoms with Gasteiger partial charge in [-0.2, -0.15) is 0 Å². The Hall–Kier alpha value is -2.98. The zero-order valence-corrected chi connectivity index (χ0v) is 17.7. The average molecular weight is 400 g/mol. The number of nitrogens with two attached hydrogens (primary N) is 1. The van der Waals surface area contributed by atoms with Crippen LogP contribution in [-0.2, 0) is 12.0 Å². The Morgan fingerprint density at radius 2 is 1.80 bits per heavy atom. The summed E-state index contributed by atoms with van der Waals surface area (Å²) >= 11 is 0. The molecule has 4 rings (SSSR count). The van der Waals surface area contributed by atoms with Gasteiger partial charge in [0.05, 0.1) is 0 Å². The van der Waals surface area contributed by atoms with Gasteiger partial charge in [-0.25, -0.2) is 0 Å². The zero-order chi connectivity index (χ0) is 21.1. The Balaban J connectivity index is 1.55. The molecule has 1 fully saturated rings. The normalized spacial score (nSPS) is 22.0. The fourth-order valence-corrected chi connectivity index (χ4v) is 4.77. The number of carbonyl (C=O) groups is 1. The average Bonchev–Trinajstić information content (AvgIpc) is 2.77. The van der Waals surface area contributed by atoms with E-state index < -0.39 is 0 Å². The molecule has 1 saturated heterocycles. The fraction of sp³-hybridized carbons (Fsp3) is 0.308. The van der Waals surface area contributed by atoms with E-state index in [1.807, 2.05) is 30.6 Å². The maximum atomic E-state index is 12.0. The van der Waals surface area contributed by atoms with E-state index in [-0.39, 0.29) is 11.3 Å². The third kappa shape index (κ3) is 3.88. The van der Waals surface area contributed by atoms with Crippen molar-refractivity contribution in [1.29, 1.82) is 0 Å². The zero-order valence-electron chi connectivity index (χ0n) is 17.7. The predicted molar refractivity (Wildman–Crippen MR) is 121 cm³/mol. The SMILES string of the molecule is CC1CN(Cc2ccccc2-c2ccncc2)CCC1(C)c1ccccc1C(N)=O. The molecule has 4 heteroatoms. The van der Waals surface area contributed by atoms with E-state index in [2.05, 4.69) is 66.2 Å². The molecule has 1 aliphatic rings. The molecule has 0 saturated carbocycles. The molecule has 0 bridgehead atoms. The lowest BCUT2D eigenvalue weighted by Gasteiger charge is -2.45. The lowest BCUT2D eigenvalue weighted by atomic mass is 9.66. The van der Waals surface area contributed by atoms with Gasteiger partial charge in [-0.3, -0.25) is 14.7 Å². The van der Waals surface area contributed by atoms with Crippen LogP contribution in [0.3, 0.4) is 0 Å². The van der Waals surface area contributed by atoms with Crippen molar-refractivity contribution in [3.8, 4) is 11.1 Å². The Morgan fingerprint density at radius 3 is 2.53 bits per heavy atom. The molecule has 2 unspecified atom stereocenters. The number of hydrogen-bond acceptors (Lipinski definition) is 3. The summed E-state index contributed by atoms with van der Waals surface area (Å²) in [6.45, 7) is 7.45. The molecule has 0 spiro atoms. The second kappa shape index (κ2) is 8.41. The van der Waals surface area contributed by atoms with E-state index in [1.165, 1.54) is 16.7 Å². The van der Waals surface area contributed by atoms with Crippen LogP contribution >= 0.6 is 0 Å². The third-order valence-corrected chi connectivity index (χ3v) is 6.78. The molecule has 0 radical (unpaired) electrons. The van der Waals surface area contributed by atoms with E-state index in [0.29, 0.717) is 11.5 Å². The number of amides is 1. The maximum absolute atomic E-state index is 12.0. The van der Waals surface area contributed by atoms with Gasteiger partial charge in [-0.1, -0.05) is 56.3 Å². The molecule has 1 amide bonds. The van der Waals surface area contributed by atoms with Crippen molar-refractivity contribution in [2.45, 2.75) is 32.2 Å². The van der Waals surface area contributed by atoms with Crippen molar-refractivity contribution in [2.75, 3.05) is 13.1 Å². The highest BCUT2D eigenvalue weighted by Crippen LogP contribution is 2.41. The van der Waals surface area contributed by atoms with E-state index in [4.69, 9.17) is 5.73 Å². The van der Waals surface area contributed by atoms with Crippen LogP contribution < -0.4 is 5.73 Å². The van der Waals surface area contributed by atoms with Crippen LogP contribution in [0.1, 0.15) is 41.8 Å². The van der Waals surface area contributed by atoms with Gasteiger partial charge in [0.2, 0.25) is 5.91 Å². The Labute approximate surface area is 178 Å². The number of hydrogen-bond donors (Lipinski definition) is 1. The lowest BCUT2D eigenvalue weighted by molar-refractivity contribution is 0.0963. The summed E-state index contributed by atoms with van der Waals surface area (Å²) < 4.78 is 0. The molecular formula is C26H29N3O. The van der Waals surface area contributed by atoms with E-state index >= 15 is 0 Å². The van der Waals surface area contributed by atoms with E-state index in [0.717, 1.165) is 31.6 Å². The number of primary amides is 1. The molecule has 30 heavy (non-hydrogen) atoms. The Morgan fingerprint density at radius 1 is 1.10 bits per heavy atom. The minimum Gasteiger partial charge on any atom is -0.366 e. The van der Waals surface area contributed by atoms with Gasteiger partial charge in [0.25, 0.3) is 0 Å². The second-order valence-corrected chi connectivity index (χ2v) is 8.61. The summed E-state index contributed by atoms with van der Waals surface area (Å²) in [4.78, 5) is 18.7. The van der Waals surface area contributed by atoms with Crippen molar-refractivity contribution in [3.05, 3.63) is 89.7 Å². The van der Waals surface area contributed by atoms with E-state index in [9.17, 15) is 4.79 Å². The summed E-state index contributed by atoms with van der Waals surface area (Å²) in [5, 5.41) is 0. The van der Waals surface area contributed by atoms with Crippen LogP contribution in [0, 0.1) is 5.92 Å². The first kappa shape index (κ1) is 20.3. The summed E-state index contributed by atoms with van der Waals surface area (Å²) in [6.07, 6.45) is 4.68. The predicted octanol–water partition coefficient (Wildman–Crippen LogP) is 4.65. The van der Waals surface area contributed by atoms with Gasteiger partial charge >= 0.3 is 0 Å². The molecule has 154 valence electrons. The van der Waals surface area contributed by atoms with Crippen LogP contribution in [0.4, 0.5) is 0 Å². The van der Waals surface area contributed by atoms with E-state index in [1.54, 1.807) is 0 Å². The molecule has 0 aliphatic carbocycles. The highest BCUT2D eigenvalue weighted by Gasteiger charge is 2.39. The number of benzene rings is 2. The number of carbonyl (C=O) groups excluding carboxylic acids is 1. The molecule has 2 atom stereocenters. The van der Waals surface area contributed by atoms with Gasteiger partial charge in [-0.05, 0) is 64.8 Å². The van der Waals surface area contributed by atoms with Crippen molar-refractivity contribution in [2.24, 2.45) is 11.7 Å². The first-order chi connectivity index (χ1) is 14.5. The summed E-state index contributed by atoms with van der Waals surface area (Å²) in [5.41, 5.74) is 11.1. The summed E-state index contributed by atoms with van der Waals surface area (Å²) in [7, 11) is 0. The molecule has 2 N–H and O–H groups in total. The van der Waals surface area contributed by atoms with Crippen LogP contribution in [0.2, 0.25) is 0 Å². The van der Waals surface area contributed by atoms with Crippen LogP contribution in [0.25, 0.3) is 11.1 Å². The van der Waals surface area contributed by atoms with Gasteiger partial charge < -0.3 is 5.73 Å². The van der Waals surface area contributed by atoms with Gasteiger partial charge in [0, 0.05) is 31.0 Å². The number of rotatable bonds is 5. The number of likely N-dealkylation sites (tertiary alicyclic amines) is 1. The minimum absolute atomic E-state index is 0.0628. The van der Waals surface area contributed by atoms with Crippen LogP contribution in [0.5, 0.6) is 0 Å². The van der Waals surface area contributed by atoms with Gasteiger partial charge in [0.1, 0.15) is 0 Å². The maximum Gasteiger partial charge on any atom is 0.248 e. The summed E-state index contributed by atoms with van der Waals surface area (Å²) in [5.74, 6) is 0.0626. The topological polar surface area (TPSA) is 59.2 Å². The molecular weight excluding hydrogens is 370 g/mol. The minimum atomic E-state index is -0.340. The number of aromatic nitrogens is 1. The molecule has 1 aromatic heterocycles. The highest BCUT2D eigenvalue weighted by molar-refractivity contribution is 5.94. The number of piperidine rings is 1. The Bertz CT molecular complexity index is 1030. The fourth-order valence-electron chi connectivity index (χ4n) is 4.77. The van der Waals surface area contributed by atoms with Crippen molar-refractivity contribution in [1.82, 2.24) is 9.88 Å². The molecule has 3 aromatic rings. The molecule has 2 aromatic carbocycles. The second-order valence-electron chi connectivity index (χ2n) is 8.61. The van der Waals surface area contributed by atoms with Crippen molar-refractivity contribution < 1.29 is 4.79 Å². The van der Waals surface area contributed by atoms with Crippen molar-refractivity contribution in [3.63, 3.8) is 0 Å². The number of pyridine rings is 1. The largest absolute Gasteiger partial charge is 0.366 e. The summed E-state index contributed by atoms with van der Waals surface area (Å²) in [6, 6.07) is 20.6. The first-order valence-electron chi connectivity index (χ1n) is 10.6. The molecule has 4 nitrogen and oxygen atoms in total. The van der Waals surface area contributed by atoms with Crippen LogP contribution in [-0.4, -0.2) is 28.9 Å². The highest BCUT2D eigenvalue weighted by atomic mass is 16.1. The molecule has 2 heterocycles. The smallest absolute Gasteiger partial charge is 0.248 e. The van der Waals surface area contributed by atoms with Crippen LogP contribution in [0.15, 0.2) is 73.1 Å². The molecule has 1 aliphatic heterocycles. The van der Waals surface area contributed by atoms with Gasteiger partial charge in [-0.15, -0.1) is 0 Å². The van der Waals surface area contributed by atoms with Gasteiger partial charge in [0.15, 0.2) is 0 Å². The quantitative estimate of drug-likeness (QED) is 0.679. The standard InChI is InChI=1S/C26H29N3O/c1-19-17-29(16-13-26(19,2)24-10-6-5-9-23(24)25(27)30)18-21-7-3-4-8-22(21)20-11-14-28-15-12-20/h3-12,14-15,19H,13,16-18H2,1-2H3,(H2,27,30). The Kier molecular flexibility index (Phi) is 5.69.